The summed E-state index contributed by atoms with van der Waals surface area (Å²) < 4.78 is 50.3. The molecule has 0 N–H and O–H groups in total. The van der Waals surface area contributed by atoms with Crippen LogP contribution in [-0.2, 0) is 14.2 Å². The van der Waals surface area contributed by atoms with Crippen LogP contribution in [0.3, 0.4) is 0 Å². The molecule has 0 fully saturated rings. The highest BCUT2D eigenvalue weighted by atomic mass is 19.3. The number of rotatable bonds is 9. The lowest BCUT2D eigenvalue weighted by Gasteiger charge is -2.15. The number of hydrogen-bond acceptors (Lipinski definition) is 3. The molecule has 0 saturated carbocycles. The highest BCUT2D eigenvalue weighted by Gasteiger charge is 2.12. The molecule has 0 radical (unpaired) electrons. The molecule has 0 aromatic rings. The topological polar surface area (TPSA) is 27.7 Å². The molecule has 0 aliphatic rings. The van der Waals surface area contributed by atoms with Crippen molar-refractivity contribution in [1.29, 1.82) is 0 Å². The second-order valence-corrected chi connectivity index (χ2v) is 3.66. The molecule has 0 aromatic carbocycles. The van der Waals surface area contributed by atoms with Crippen molar-refractivity contribution in [2.75, 3.05) is 13.2 Å². The van der Waals surface area contributed by atoms with Crippen molar-refractivity contribution in [3.05, 3.63) is 0 Å². The minimum atomic E-state index is -2.81. The second kappa shape index (κ2) is 8.78. The van der Waals surface area contributed by atoms with Crippen molar-refractivity contribution < 1.29 is 27.4 Å². The monoisotopic (exact) mass is 244 g/mol. The van der Waals surface area contributed by atoms with Crippen molar-refractivity contribution in [2.24, 2.45) is 0 Å². The van der Waals surface area contributed by atoms with E-state index >= 15 is 0 Å². The molecule has 0 aliphatic carbocycles. The molecule has 2 unspecified atom stereocenters. The van der Waals surface area contributed by atoms with Gasteiger partial charge in [0, 0.05) is 0 Å². The molecule has 0 rings (SSSR count). The maximum Gasteiger partial charge on any atom is 0.345 e. The predicted molar refractivity (Wildman–Crippen MR) is 53.1 cm³/mol. The molecule has 16 heavy (non-hydrogen) atoms. The first-order valence-electron chi connectivity index (χ1n) is 5.22. The minimum absolute atomic E-state index is 0.0243. The lowest BCUT2D eigenvalue weighted by atomic mass is 10.3. The Kier molecular flexibility index (Phi) is 8.60. The first-order valence-corrected chi connectivity index (χ1v) is 5.22. The van der Waals surface area contributed by atoms with Gasteiger partial charge in [-0.25, -0.2) is 4.39 Å². The van der Waals surface area contributed by atoms with Gasteiger partial charge in [-0.05, 0) is 27.2 Å². The summed E-state index contributed by atoms with van der Waals surface area (Å²) in [6, 6.07) is 0. The zero-order chi connectivity index (χ0) is 12.6. The van der Waals surface area contributed by atoms with Gasteiger partial charge in [-0.3, -0.25) is 0 Å². The largest absolute Gasteiger partial charge is 0.373 e. The summed E-state index contributed by atoms with van der Waals surface area (Å²) in [5.41, 5.74) is 0. The molecule has 0 bridgehead atoms. The Morgan fingerprint density at radius 1 is 1.00 bits per heavy atom. The van der Waals surface area contributed by atoms with E-state index in [1.807, 2.05) is 0 Å². The minimum Gasteiger partial charge on any atom is -0.373 e. The van der Waals surface area contributed by atoms with E-state index in [0.717, 1.165) is 0 Å². The highest BCUT2D eigenvalue weighted by Crippen LogP contribution is 2.06. The van der Waals surface area contributed by atoms with Gasteiger partial charge < -0.3 is 14.2 Å². The molecule has 2 atom stereocenters. The van der Waals surface area contributed by atoms with Gasteiger partial charge in [0.2, 0.25) is 6.36 Å². The molecule has 0 spiro atoms. The van der Waals surface area contributed by atoms with Crippen molar-refractivity contribution in [3.8, 4) is 0 Å². The van der Waals surface area contributed by atoms with Gasteiger partial charge in [0.05, 0.1) is 18.8 Å². The smallest absolute Gasteiger partial charge is 0.345 e. The van der Waals surface area contributed by atoms with E-state index in [1.54, 1.807) is 13.8 Å². The summed E-state index contributed by atoms with van der Waals surface area (Å²) in [6.45, 7) is 2.11. The Labute approximate surface area is 93.9 Å². The van der Waals surface area contributed by atoms with Gasteiger partial charge in [-0.15, -0.1) is 0 Å². The van der Waals surface area contributed by atoms with E-state index in [4.69, 9.17) is 9.47 Å². The van der Waals surface area contributed by atoms with Crippen LogP contribution in [0.15, 0.2) is 0 Å². The quantitative estimate of drug-likeness (QED) is 0.624. The molecule has 0 aromatic heterocycles. The van der Waals surface area contributed by atoms with Crippen molar-refractivity contribution in [2.45, 2.75) is 52.4 Å². The van der Waals surface area contributed by atoms with Crippen LogP contribution in [0.5, 0.6) is 0 Å². The van der Waals surface area contributed by atoms with Crippen molar-refractivity contribution >= 4 is 0 Å². The third kappa shape index (κ3) is 10.2. The zero-order valence-corrected chi connectivity index (χ0v) is 9.79. The van der Waals surface area contributed by atoms with E-state index in [2.05, 4.69) is 4.74 Å². The normalized spacial score (nSPS) is 15.8. The van der Waals surface area contributed by atoms with E-state index in [0.29, 0.717) is 0 Å². The lowest BCUT2D eigenvalue weighted by Crippen LogP contribution is -2.21. The summed E-state index contributed by atoms with van der Waals surface area (Å²) in [7, 11) is 0. The van der Waals surface area contributed by atoms with Crippen LogP contribution in [0, 0.1) is 0 Å². The van der Waals surface area contributed by atoms with Crippen LogP contribution < -0.4 is 0 Å². The third-order valence-corrected chi connectivity index (χ3v) is 1.72. The first kappa shape index (κ1) is 15.7. The van der Waals surface area contributed by atoms with Crippen LogP contribution in [0.1, 0.15) is 27.2 Å². The van der Waals surface area contributed by atoms with Crippen LogP contribution in [0.25, 0.3) is 0 Å². The average Bonchev–Trinajstić information content (AvgIpc) is 2.13. The molecule has 98 valence electrons. The van der Waals surface area contributed by atoms with Crippen LogP contribution >= 0.6 is 0 Å². The summed E-state index contributed by atoms with van der Waals surface area (Å²) in [4.78, 5) is 0. The molecular weight excluding hydrogens is 225 g/mol. The van der Waals surface area contributed by atoms with Crippen LogP contribution in [0.4, 0.5) is 13.2 Å². The molecule has 6 heteroatoms. The molecule has 0 amide bonds. The predicted octanol–water partition coefficient (Wildman–Crippen LogP) is 2.74. The highest BCUT2D eigenvalue weighted by molar-refractivity contribution is 4.50. The number of alkyl halides is 3. The molecule has 0 saturated heterocycles. The van der Waals surface area contributed by atoms with Crippen molar-refractivity contribution in [1.82, 2.24) is 0 Å². The summed E-state index contributed by atoms with van der Waals surface area (Å²) in [6.07, 6.45) is -2.03. The van der Waals surface area contributed by atoms with Crippen LogP contribution in [-0.4, -0.2) is 38.4 Å². The molecule has 3 nitrogen and oxygen atoms in total. The number of hydrogen-bond donors (Lipinski definition) is 0. The van der Waals surface area contributed by atoms with Gasteiger partial charge in [0.15, 0.2) is 0 Å². The van der Waals surface area contributed by atoms with Crippen LogP contribution in [0.2, 0.25) is 0 Å². The van der Waals surface area contributed by atoms with Gasteiger partial charge in [0.1, 0.15) is 6.61 Å². The Morgan fingerprint density at radius 2 is 1.62 bits per heavy atom. The Morgan fingerprint density at radius 3 is 2.12 bits per heavy atom. The number of ether oxygens (including phenoxy) is 3. The third-order valence-electron chi connectivity index (χ3n) is 1.72. The fraction of sp³-hybridized carbons (Fsp3) is 1.00. The maximum atomic E-state index is 12.9. The summed E-state index contributed by atoms with van der Waals surface area (Å²) in [5.74, 6) is 0. The second-order valence-electron chi connectivity index (χ2n) is 3.66. The summed E-state index contributed by atoms with van der Waals surface area (Å²) in [5, 5.41) is 0. The van der Waals surface area contributed by atoms with E-state index in [-0.39, 0.29) is 25.7 Å². The fourth-order valence-electron chi connectivity index (χ4n) is 0.922. The maximum absolute atomic E-state index is 12.9. The van der Waals surface area contributed by atoms with Gasteiger partial charge in [-0.1, -0.05) is 0 Å². The molecular formula is C10H19F3O3. The Balaban J connectivity index is 3.42. The summed E-state index contributed by atoms with van der Waals surface area (Å²) >= 11 is 0. The lowest BCUT2D eigenvalue weighted by molar-refractivity contribution is -0.167. The average molecular weight is 244 g/mol. The Hall–Kier alpha value is -0.330. The zero-order valence-electron chi connectivity index (χ0n) is 9.79. The standard InChI is InChI=1S/C10H19F3O3/c1-7(2)15-6-9(11)14-5-4-8(3)16-10(12)13/h7-10H,4-6H2,1-3H3. The van der Waals surface area contributed by atoms with Gasteiger partial charge in [-0.2, -0.15) is 8.78 Å². The van der Waals surface area contributed by atoms with E-state index < -0.39 is 19.1 Å². The van der Waals surface area contributed by atoms with E-state index in [9.17, 15) is 13.2 Å². The first-order chi connectivity index (χ1) is 7.41. The van der Waals surface area contributed by atoms with Gasteiger partial charge >= 0.3 is 6.61 Å². The number of halogens is 3. The fourth-order valence-corrected chi connectivity index (χ4v) is 0.922. The SMILES string of the molecule is CC(C)OCC(F)OCCC(C)OC(F)F. The van der Waals surface area contributed by atoms with Crippen molar-refractivity contribution in [3.63, 3.8) is 0 Å². The molecule has 0 aliphatic heterocycles. The molecule has 0 heterocycles. The Bertz CT molecular complexity index is 167. The van der Waals surface area contributed by atoms with E-state index in [1.165, 1.54) is 6.92 Å². The van der Waals surface area contributed by atoms with Gasteiger partial charge in [0.25, 0.3) is 0 Å².